The maximum Gasteiger partial charge on any atom is 0.168 e. The zero-order chi connectivity index (χ0) is 11.3. The molecule has 0 unspecified atom stereocenters. The molecule has 0 aromatic heterocycles. The Balaban J connectivity index is 2.75. The van der Waals surface area contributed by atoms with Crippen molar-refractivity contribution < 1.29 is 9.13 Å². The van der Waals surface area contributed by atoms with Crippen molar-refractivity contribution >= 4 is 0 Å². The third-order valence-corrected chi connectivity index (χ3v) is 2.33. The largest absolute Gasteiger partial charge is 0.491 e. The van der Waals surface area contributed by atoms with Gasteiger partial charge in [0.1, 0.15) is 0 Å². The topological polar surface area (TPSA) is 9.23 Å². The van der Waals surface area contributed by atoms with E-state index in [1.807, 2.05) is 19.1 Å². The first-order valence-corrected chi connectivity index (χ1v) is 5.55. The fourth-order valence-electron chi connectivity index (χ4n) is 1.46. The van der Waals surface area contributed by atoms with Crippen LogP contribution in [0.25, 0.3) is 0 Å². The molecular weight excluding hydrogens is 191 g/mol. The Morgan fingerprint density at radius 3 is 2.67 bits per heavy atom. The summed E-state index contributed by atoms with van der Waals surface area (Å²) < 4.78 is 19.0. The van der Waals surface area contributed by atoms with Crippen molar-refractivity contribution in [2.75, 3.05) is 6.61 Å². The Labute approximate surface area is 91.3 Å². The van der Waals surface area contributed by atoms with E-state index in [0.717, 1.165) is 18.4 Å². The Morgan fingerprint density at radius 2 is 2.07 bits per heavy atom. The van der Waals surface area contributed by atoms with Gasteiger partial charge in [-0.3, -0.25) is 0 Å². The minimum atomic E-state index is -0.194. The number of hydrogen-bond donors (Lipinski definition) is 0. The van der Waals surface area contributed by atoms with Crippen molar-refractivity contribution in [2.45, 2.75) is 33.6 Å². The number of benzene rings is 1. The second-order valence-corrected chi connectivity index (χ2v) is 4.09. The molecule has 0 aliphatic carbocycles. The number of rotatable bonds is 5. The molecule has 0 heterocycles. The van der Waals surface area contributed by atoms with Crippen molar-refractivity contribution in [3.63, 3.8) is 0 Å². The van der Waals surface area contributed by atoms with Crippen molar-refractivity contribution in [1.82, 2.24) is 0 Å². The van der Waals surface area contributed by atoms with E-state index in [2.05, 4.69) is 13.8 Å². The lowest BCUT2D eigenvalue weighted by atomic mass is 10.0. The summed E-state index contributed by atoms with van der Waals surface area (Å²) in [7, 11) is 0. The average molecular weight is 210 g/mol. The molecule has 2 heteroatoms. The van der Waals surface area contributed by atoms with Crippen LogP contribution in [-0.4, -0.2) is 6.61 Å². The first-order chi connectivity index (χ1) is 7.15. The summed E-state index contributed by atoms with van der Waals surface area (Å²) in [6, 6.07) is 5.36. The summed E-state index contributed by atoms with van der Waals surface area (Å²) in [6.07, 6.45) is 1.79. The van der Waals surface area contributed by atoms with E-state index in [-0.39, 0.29) is 5.82 Å². The fourth-order valence-corrected chi connectivity index (χ4v) is 1.46. The standard InChI is InChI=1S/C13H19FO/c1-4-15-12-7-5-6-11(13(12)14)9-8-10(2)3/h5-7,10H,4,8-9H2,1-3H3. The summed E-state index contributed by atoms with van der Waals surface area (Å²) in [5, 5.41) is 0. The molecule has 0 aliphatic heterocycles. The molecule has 0 radical (unpaired) electrons. The van der Waals surface area contributed by atoms with Crippen LogP contribution in [-0.2, 0) is 6.42 Å². The predicted octanol–water partition coefficient (Wildman–Crippen LogP) is 3.81. The first-order valence-electron chi connectivity index (χ1n) is 5.55. The van der Waals surface area contributed by atoms with E-state index in [4.69, 9.17) is 4.74 Å². The Hall–Kier alpha value is -1.05. The first kappa shape index (κ1) is 12.0. The molecule has 0 spiro atoms. The molecule has 1 aromatic rings. The van der Waals surface area contributed by atoms with Gasteiger partial charge in [0.25, 0.3) is 0 Å². The smallest absolute Gasteiger partial charge is 0.168 e. The van der Waals surface area contributed by atoms with Crippen LogP contribution < -0.4 is 4.74 Å². The fraction of sp³-hybridized carbons (Fsp3) is 0.538. The molecule has 15 heavy (non-hydrogen) atoms. The Bertz CT molecular complexity index is 307. The van der Waals surface area contributed by atoms with Gasteiger partial charge in [-0.1, -0.05) is 26.0 Å². The molecule has 1 nitrogen and oxygen atoms in total. The predicted molar refractivity (Wildman–Crippen MR) is 60.7 cm³/mol. The summed E-state index contributed by atoms with van der Waals surface area (Å²) in [6.45, 7) is 6.65. The Kier molecular flexibility index (Phi) is 4.60. The van der Waals surface area contributed by atoms with Crippen LogP contribution >= 0.6 is 0 Å². The van der Waals surface area contributed by atoms with Gasteiger partial charge in [-0.2, -0.15) is 0 Å². The molecule has 0 fully saturated rings. The second-order valence-electron chi connectivity index (χ2n) is 4.09. The highest BCUT2D eigenvalue weighted by atomic mass is 19.1. The average Bonchev–Trinajstić information content (AvgIpc) is 2.19. The molecule has 1 aromatic carbocycles. The van der Waals surface area contributed by atoms with Gasteiger partial charge in [0.05, 0.1) is 6.61 Å². The summed E-state index contributed by atoms with van der Waals surface area (Å²) >= 11 is 0. The van der Waals surface area contributed by atoms with Crippen LogP contribution in [0.4, 0.5) is 4.39 Å². The van der Waals surface area contributed by atoms with Crippen LogP contribution in [0.1, 0.15) is 32.8 Å². The molecule has 0 atom stereocenters. The van der Waals surface area contributed by atoms with Gasteiger partial charge < -0.3 is 4.74 Å². The summed E-state index contributed by atoms with van der Waals surface area (Å²) in [4.78, 5) is 0. The van der Waals surface area contributed by atoms with Crippen LogP contribution in [0.3, 0.4) is 0 Å². The van der Waals surface area contributed by atoms with Gasteiger partial charge in [-0.05, 0) is 37.3 Å². The summed E-state index contributed by atoms with van der Waals surface area (Å²) in [5.74, 6) is 0.777. The molecule has 1 rings (SSSR count). The minimum absolute atomic E-state index is 0.194. The van der Waals surface area contributed by atoms with Gasteiger partial charge in [-0.25, -0.2) is 4.39 Å². The molecule has 84 valence electrons. The number of halogens is 1. The highest BCUT2D eigenvalue weighted by Crippen LogP contribution is 2.22. The van der Waals surface area contributed by atoms with Gasteiger partial charge in [0.15, 0.2) is 11.6 Å². The third-order valence-electron chi connectivity index (χ3n) is 2.33. The number of ether oxygens (including phenoxy) is 1. The molecular formula is C13H19FO. The van der Waals surface area contributed by atoms with Gasteiger partial charge in [0, 0.05) is 0 Å². The number of hydrogen-bond acceptors (Lipinski definition) is 1. The molecule has 0 saturated heterocycles. The SMILES string of the molecule is CCOc1cccc(CCC(C)C)c1F. The molecule has 0 amide bonds. The molecule has 0 bridgehead atoms. The lowest BCUT2D eigenvalue weighted by Gasteiger charge is -2.09. The van der Waals surface area contributed by atoms with Gasteiger partial charge >= 0.3 is 0 Å². The molecule has 0 aliphatic rings. The van der Waals surface area contributed by atoms with Crippen molar-refractivity contribution in [3.8, 4) is 5.75 Å². The van der Waals surface area contributed by atoms with Gasteiger partial charge in [0.2, 0.25) is 0 Å². The zero-order valence-electron chi connectivity index (χ0n) is 9.72. The molecule has 0 saturated carbocycles. The second kappa shape index (κ2) is 5.74. The maximum atomic E-state index is 13.8. The normalized spacial score (nSPS) is 10.7. The van der Waals surface area contributed by atoms with E-state index in [9.17, 15) is 4.39 Å². The van der Waals surface area contributed by atoms with Gasteiger partial charge in [-0.15, -0.1) is 0 Å². The van der Waals surface area contributed by atoms with Crippen LogP contribution in [0.2, 0.25) is 0 Å². The Morgan fingerprint density at radius 1 is 1.33 bits per heavy atom. The highest BCUT2D eigenvalue weighted by Gasteiger charge is 2.08. The molecule has 0 N–H and O–H groups in total. The van der Waals surface area contributed by atoms with E-state index in [1.54, 1.807) is 6.07 Å². The van der Waals surface area contributed by atoms with Crippen molar-refractivity contribution in [1.29, 1.82) is 0 Å². The van der Waals surface area contributed by atoms with E-state index >= 15 is 0 Å². The van der Waals surface area contributed by atoms with Crippen LogP contribution in [0, 0.1) is 11.7 Å². The monoisotopic (exact) mass is 210 g/mol. The maximum absolute atomic E-state index is 13.8. The van der Waals surface area contributed by atoms with Crippen LogP contribution in [0.5, 0.6) is 5.75 Å². The quantitative estimate of drug-likeness (QED) is 0.718. The minimum Gasteiger partial charge on any atom is -0.491 e. The van der Waals surface area contributed by atoms with E-state index in [1.165, 1.54) is 0 Å². The summed E-state index contributed by atoms with van der Waals surface area (Å²) in [5.41, 5.74) is 0.759. The van der Waals surface area contributed by atoms with Crippen molar-refractivity contribution in [3.05, 3.63) is 29.6 Å². The zero-order valence-corrected chi connectivity index (χ0v) is 9.72. The lowest BCUT2D eigenvalue weighted by Crippen LogP contribution is -2.00. The third kappa shape index (κ3) is 3.54. The number of aryl methyl sites for hydroxylation is 1. The van der Waals surface area contributed by atoms with E-state index < -0.39 is 0 Å². The highest BCUT2D eigenvalue weighted by molar-refractivity contribution is 5.31. The van der Waals surface area contributed by atoms with Crippen LogP contribution in [0.15, 0.2) is 18.2 Å². The lowest BCUT2D eigenvalue weighted by molar-refractivity contribution is 0.320. The van der Waals surface area contributed by atoms with Crippen molar-refractivity contribution in [2.24, 2.45) is 5.92 Å². The van der Waals surface area contributed by atoms with E-state index in [0.29, 0.717) is 18.3 Å².